The molecule has 1 saturated heterocycles. The zero-order valence-corrected chi connectivity index (χ0v) is 8.73. The van der Waals surface area contributed by atoms with Crippen molar-refractivity contribution in [3.63, 3.8) is 0 Å². The fourth-order valence-electron chi connectivity index (χ4n) is 1.49. The van der Waals surface area contributed by atoms with Crippen molar-refractivity contribution in [1.29, 1.82) is 0 Å². The van der Waals surface area contributed by atoms with Crippen molar-refractivity contribution in [2.24, 2.45) is 5.73 Å². The van der Waals surface area contributed by atoms with Crippen molar-refractivity contribution in [3.05, 3.63) is 0 Å². The summed E-state index contributed by atoms with van der Waals surface area (Å²) < 4.78 is 9.93. The van der Waals surface area contributed by atoms with E-state index in [1.54, 1.807) is 0 Å². The summed E-state index contributed by atoms with van der Waals surface area (Å²) in [6.07, 6.45) is -0.456. The molecule has 0 amide bonds. The number of nitrogens with two attached hydrogens (primary N) is 1. The lowest BCUT2D eigenvalue weighted by Gasteiger charge is -2.35. The van der Waals surface area contributed by atoms with E-state index < -0.39 is 6.10 Å². The molecule has 0 aromatic carbocycles. The quantitative estimate of drug-likeness (QED) is 0.607. The first-order valence-corrected chi connectivity index (χ1v) is 4.82. The van der Waals surface area contributed by atoms with Crippen LogP contribution in [0.25, 0.3) is 0 Å². The highest BCUT2D eigenvalue weighted by Crippen LogP contribution is 2.09. The first-order chi connectivity index (χ1) is 6.69. The number of ether oxygens (including phenoxy) is 2. The summed E-state index contributed by atoms with van der Waals surface area (Å²) in [5, 5.41) is 0. The maximum absolute atomic E-state index is 11.2. The number of carbonyl (C=O) groups is 1. The molecule has 0 aromatic heterocycles. The normalized spacial score (nSPS) is 25.8. The molecule has 1 rings (SSSR count). The number of hydrogen-bond donors (Lipinski definition) is 1. The predicted molar refractivity (Wildman–Crippen MR) is 51.8 cm³/mol. The van der Waals surface area contributed by atoms with Crippen molar-refractivity contribution in [3.8, 4) is 0 Å². The van der Waals surface area contributed by atoms with Gasteiger partial charge in [0.05, 0.1) is 13.7 Å². The summed E-state index contributed by atoms with van der Waals surface area (Å²) in [5.74, 6) is -0.307. The molecule has 1 heterocycles. The van der Waals surface area contributed by atoms with Gasteiger partial charge in [-0.05, 0) is 6.92 Å². The molecule has 5 nitrogen and oxygen atoms in total. The largest absolute Gasteiger partial charge is 0.467 e. The van der Waals surface area contributed by atoms with Crippen LogP contribution in [0, 0.1) is 0 Å². The van der Waals surface area contributed by atoms with Gasteiger partial charge in [-0.15, -0.1) is 0 Å². The van der Waals surface area contributed by atoms with E-state index in [-0.39, 0.29) is 12.0 Å². The van der Waals surface area contributed by atoms with Gasteiger partial charge < -0.3 is 15.2 Å². The lowest BCUT2D eigenvalue weighted by molar-refractivity contribution is -0.160. The second-order valence-corrected chi connectivity index (χ2v) is 3.46. The Bertz CT molecular complexity index is 198. The van der Waals surface area contributed by atoms with Gasteiger partial charge in [-0.25, -0.2) is 4.79 Å². The van der Waals surface area contributed by atoms with Crippen LogP contribution in [-0.4, -0.2) is 56.4 Å². The van der Waals surface area contributed by atoms with Crippen molar-refractivity contribution in [2.75, 3.05) is 33.4 Å². The maximum atomic E-state index is 11.2. The van der Waals surface area contributed by atoms with Gasteiger partial charge in [0.15, 0.2) is 6.10 Å². The van der Waals surface area contributed by atoms with Crippen LogP contribution in [0.1, 0.15) is 6.92 Å². The molecule has 1 fully saturated rings. The molecule has 82 valence electrons. The van der Waals surface area contributed by atoms with Gasteiger partial charge in [-0.1, -0.05) is 0 Å². The van der Waals surface area contributed by atoms with E-state index in [1.165, 1.54) is 7.11 Å². The molecule has 0 radical (unpaired) electrons. The molecule has 0 spiro atoms. The van der Waals surface area contributed by atoms with Crippen LogP contribution in [-0.2, 0) is 14.3 Å². The van der Waals surface area contributed by atoms with Gasteiger partial charge in [0.25, 0.3) is 0 Å². The minimum Gasteiger partial charge on any atom is -0.467 e. The maximum Gasteiger partial charge on any atom is 0.336 e. The Balaban J connectivity index is 2.47. The Kier molecular flexibility index (Phi) is 4.31. The first kappa shape index (κ1) is 11.4. The van der Waals surface area contributed by atoms with Gasteiger partial charge in [-0.2, -0.15) is 0 Å². The van der Waals surface area contributed by atoms with Crippen LogP contribution in [0.4, 0.5) is 0 Å². The summed E-state index contributed by atoms with van der Waals surface area (Å²) >= 11 is 0. The van der Waals surface area contributed by atoms with Gasteiger partial charge in [0.2, 0.25) is 0 Å². The van der Waals surface area contributed by atoms with Crippen LogP contribution < -0.4 is 5.73 Å². The average Bonchev–Trinajstić information content (AvgIpc) is 2.27. The van der Waals surface area contributed by atoms with E-state index >= 15 is 0 Å². The Morgan fingerprint density at radius 3 is 3.07 bits per heavy atom. The third-order valence-corrected chi connectivity index (χ3v) is 2.53. The molecule has 1 aliphatic heterocycles. The summed E-state index contributed by atoms with van der Waals surface area (Å²) in [6, 6.07) is 0.283. The smallest absolute Gasteiger partial charge is 0.336 e. The molecule has 5 heteroatoms. The van der Waals surface area contributed by atoms with Crippen LogP contribution in [0.2, 0.25) is 0 Å². The molecule has 2 unspecified atom stereocenters. The van der Waals surface area contributed by atoms with E-state index in [4.69, 9.17) is 10.5 Å². The van der Waals surface area contributed by atoms with Gasteiger partial charge in [0, 0.05) is 25.7 Å². The van der Waals surface area contributed by atoms with E-state index in [9.17, 15) is 4.79 Å². The lowest BCUT2D eigenvalue weighted by Crippen LogP contribution is -2.51. The summed E-state index contributed by atoms with van der Waals surface area (Å²) in [4.78, 5) is 13.4. The van der Waals surface area contributed by atoms with Crippen molar-refractivity contribution in [2.45, 2.75) is 19.1 Å². The van der Waals surface area contributed by atoms with E-state index in [1.807, 2.05) is 6.92 Å². The molecular weight excluding hydrogens is 184 g/mol. The number of morpholine rings is 1. The zero-order valence-electron chi connectivity index (χ0n) is 8.73. The second kappa shape index (κ2) is 5.29. The highest BCUT2D eigenvalue weighted by atomic mass is 16.6. The monoisotopic (exact) mass is 202 g/mol. The van der Waals surface area contributed by atoms with Gasteiger partial charge in [0.1, 0.15) is 0 Å². The number of nitrogens with zero attached hydrogens (tertiary/aromatic N) is 1. The topological polar surface area (TPSA) is 64.8 Å². The van der Waals surface area contributed by atoms with E-state index in [2.05, 4.69) is 9.64 Å². The minimum absolute atomic E-state index is 0.283. The van der Waals surface area contributed by atoms with Gasteiger partial charge >= 0.3 is 5.97 Å². The number of methoxy groups -OCH3 is 1. The summed E-state index contributed by atoms with van der Waals surface area (Å²) in [7, 11) is 1.37. The Labute approximate surface area is 84.1 Å². The van der Waals surface area contributed by atoms with Crippen molar-refractivity contribution in [1.82, 2.24) is 4.90 Å². The SMILES string of the molecule is COC(=O)C1CN(C(C)CN)CCO1. The van der Waals surface area contributed by atoms with Gasteiger partial charge in [-0.3, -0.25) is 4.90 Å². The molecule has 0 saturated carbocycles. The fourth-order valence-corrected chi connectivity index (χ4v) is 1.49. The molecule has 1 aliphatic rings. The summed E-state index contributed by atoms with van der Waals surface area (Å²) in [5.41, 5.74) is 5.56. The molecule has 0 aromatic rings. The molecule has 14 heavy (non-hydrogen) atoms. The second-order valence-electron chi connectivity index (χ2n) is 3.46. The molecule has 2 atom stereocenters. The molecule has 0 aliphatic carbocycles. The van der Waals surface area contributed by atoms with Crippen LogP contribution in [0.3, 0.4) is 0 Å². The highest BCUT2D eigenvalue weighted by molar-refractivity contribution is 5.74. The predicted octanol–water partition coefficient (Wildman–Crippen LogP) is -0.793. The highest BCUT2D eigenvalue weighted by Gasteiger charge is 2.28. The minimum atomic E-state index is -0.456. The number of esters is 1. The fraction of sp³-hybridized carbons (Fsp3) is 0.889. The van der Waals surface area contributed by atoms with Crippen LogP contribution >= 0.6 is 0 Å². The van der Waals surface area contributed by atoms with Crippen molar-refractivity contribution >= 4 is 5.97 Å². The first-order valence-electron chi connectivity index (χ1n) is 4.82. The average molecular weight is 202 g/mol. The van der Waals surface area contributed by atoms with Crippen LogP contribution in [0.5, 0.6) is 0 Å². The Hall–Kier alpha value is -0.650. The number of carbonyl (C=O) groups excluding carboxylic acids is 1. The Morgan fingerprint density at radius 2 is 2.50 bits per heavy atom. The molecular formula is C9H18N2O3. The van der Waals surface area contributed by atoms with Crippen LogP contribution in [0.15, 0.2) is 0 Å². The number of rotatable bonds is 3. The summed E-state index contributed by atoms with van der Waals surface area (Å²) in [6.45, 7) is 4.59. The molecule has 0 bridgehead atoms. The lowest BCUT2D eigenvalue weighted by atomic mass is 10.2. The third kappa shape index (κ3) is 2.67. The third-order valence-electron chi connectivity index (χ3n) is 2.53. The standard InChI is InChI=1S/C9H18N2O3/c1-7(5-10)11-3-4-14-8(6-11)9(12)13-2/h7-8H,3-6,10H2,1-2H3. The molecule has 2 N–H and O–H groups in total. The van der Waals surface area contributed by atoms with E-state index in [0.717, 1.165) is 6.54 Å². The zero-order chi connectivity index (χ0) is 10.6. The van der Waals surface area contributed by atoms with E-state index in [0.29, 0.717) is 19.7 Å². The van der Waals surface area contributed by atoms with Crippen molar-refractivity contribution < 1.29 is 14.3 Å². The Morgan fingerprint density at radius 1 is 1.79 bits per heavy atom. The number of hydrogen-bond acceptors (Lipinski definition) is 5.